The molecule has 5 aromatic rings. The summed E-state index contributed by atoms with van der Waals surface area (Å²) >= 11 is 1.01. The minimum atomic E-state index is -1.15. The molecule has 0 bridgehead atoms. The van der Waals surface area contributed by atoms with E-state index in [2.05, 4.69) is 44.5 Å². The SMILES string of the molecule is C[C@@H](NC(=O)c1[nH]c2ccc(O)cc2c1Sc1ncccc1C(=O)O)C(=O)N1CCN(C(c2ccccc2)c2ccccc2)CC1. The first kappa shape index (κ1) is 30.9. The molecule has 0 aliphatic carbocycles. The maximum Gasteiger partial charge on any atom is 0.338 e. The molecule has 0 unspecified atom stereocenters. The van der Waals surface area contributed by atoms with Gasteiger partial charge in [0.15, 0.2) is 0 Å². The second-order valence-electron chi connectivity index (χ2n) is 11.1. The van der Waals surface area contributed by atoms with Crippen LogP contribution in [0.25, 0.3) is 10.9 Å². The zero-order valence-corrected chi connectivity index (χ0v) is 25.9. The Hall–Kier alpha value is -5.13. The number of phenols is 1. The molecular weight excluding hydrogens is 602 g/mol. The molecule has 0 spiro atoms. The number of carboxylic acid groups (broad SMARTS) is 1. The Kier molecular flexibility index (Phi) is 9.04. The van der Waals surface area contributed by atoms with E-state index in [1.807, 2.05) is 36.4 Å². The monoisotopic (exact) mass is 635 g/mol. The maximum atomic E-state index is 13.6. The molecule has 0 radical (unpaired) electrons. The number of aromatic amines is 1. The number of hydrogen-bond donors (Lipinski definition) is 4. The molecule has 0 saturated carbocycles. The summed E-state index contributed by atoms with van der Waals surface area (Å²) in [5.41, 5.74) is 3.08. The van der Waals surface area contributed by atoms with Crippen molar-refractivity contribution in [1.29, 1.82) is 0 Å². The van der Waals surface area contributed by atoms with E-state index in [-0.39, 0.29) is 34.0 Å². The van der Waals surface area contributed by atoms with Crippen molar-refractivity contribution in [2.24, 2.45) is 0 Å². The van der Waals surface area contributed by atoms with Crippen LogP contribution >= 0.6 is 11.8 Å². The van der Waals surface area contributed by atoms with Gasteiger partial charge in [0.1, 0.15) is 22.5 Å². The third-order valence-corrected chi connectivity index (χ3v) is 9.25. The molecule has 1 atom stereocenters. The molecule has 2 amide bonds. The van der Waals surface area contributed by atoms with Crippen molar-refractivity contribution in [2.45, 2.75) is 28.9 Å². The number of rotatable bonds is 9. The topological polar surface area (TPSA) is 139 Å². The van der Waals surface area contributed by atoms with Crippen LogP contribution in [-0.2, 0) is 4.79 Å². The molecule has 1 aliphatic rings. The molecule has 2 aromatic heterocycles. The Morgan fingerprint density at radius 1 is 0.891 bits per heavy atom. The Morgan fingerprint density at radius 2 is 1.54 bits per heavy atom. The van der Waals surface area contributed by atoms with Gasteiger partial charge in [-0.2, -0.15) is 0 Å². The van der Waals surface area contributed by atoms with Gasteiger partial charge in [0, 0.05) is 43.3 Å². The van der Waals surface area contributed by atoms with Gasteiger partial charge in [0.25, 0.3) is 5.91 Å². The van der Waals surface area contributed by atoms with Gasteiger partial charge in [0.2, 0.25) is 5.91 Å². The van der Waals surface area contributed by atoms with E-state index in [0.717, 1.165) is 11.8 Å². The Bertz CT molecular complexity index is 1830. The molecule has 1 fully saturated rings. The zero-order valence-electron chi connectivity index (χ0n) is 25.1. The lowest BCUT2D eigenvalue weighted by atomic mass is 9.96. The van der Waals surface area contributed by atoms with Gasteiger partial charge < -0.3 is 25.4 Å². The molecule has 46 heavy (non-hydrogen) atoms. The largest absolute Gasteiger partial charge is 0.508 e. The molecule has 10 nitrogen and oxygen atoms in total. The van der Waals surface area contributed by atoms with Crippen LogP contribution in [-0.4, -0.2) is 80.0 Å². The highest BCUT2D eigenvalue weighted by Gasteiger charge is 2.31. The number of carbonyl (C=O) groups excluding carboxylic acids is 2. The van der Waals surface area contributed by atoms with Crippen molar-refractivity contribution in [3.63, 3.8) is 0 Å². The molecule has 1 aliphatic heterocycles. The van der Waals surface area contributed by atoms with E-state index in [9.17, 15) is 24.6 Å². The van der Waals surface area contributed by atoms with Crippen LogP contribution in [0.5, 0.6) is 5.75 Å². The van der Waals surface area contributed by atoms with E-state index in [1.54, 1.807) is 17.9 Å². The average molecular weight is 636 g/mol. The van der Waals surface area contributed by atoms with Crippen molar-refractivity contribution >= 4 is 40.4 Å². The standard InChI is InChI=1S/C35H33N5O5S/c1-22(34(43)40-19-17-39(18-20-40)30(23-9-4-2-5-10-23)24-11-6-3-7-12-24)37-32(42)29-31(27-21-25(41)14-15-28(27)38-29)46-33-26(35(44)45)13-8-16-36-33/h2-16,21-22,30,38,41H,17-20H2,1H3,(H,37,42)(H,44,45)/t22-/m1/s1. The van der Waals surface area contributed by atoms with Crippen LogP contribution in [0.15, 0.2) is 107 Å². The average Bonchev–Trinajstić information content (AvgIpc) is 3.43. The van der Waals surface area contributed by atoms with Crippen LogP contribution < -0.4 is 5.32 Å². The first-order valence-electron chi connectivity index (χ1n) is 14.9. The van der Waals surface area contributed by atoms with E-state index >= 15 is 0 Å². The molecule has 11 heteroatoms. The van der Waals surface area contributed by atoms with E-state index in [4.69, 9.17) is 0 Å². The number of amides is 2. The van der Waals surface area contributed by atoms with Crippen molar-refractivity contribution in [3.8, 4) is 5.75 Å². The summed E-state index contributed by atoms with van der Waals surface area (Å²) in [4.78, 5) is 50.9. The normalized spacial score (nSPS) is 14.3. The highest BCUT2D eigenvalue weighted by Crippen LogP contribution is 2.38. The first-order chi connectivity index (χ1) is 22.3. The summed E-state index contributed by atoms with van der Waals surface area (Å²) in [6.45, 7) is 4.03. The highest BCUT2D eigenvalue weighted by molar-refractivity contribution is 7.99. The summed E-state index contributed by atoms with van der Waals surface area (Å²) in [5, 5.41) is 23.4. The highest BCUT2D eigenvalue weighted by atomic mass is 32.2. The van der Waals surface area contributed by atoms with E-state index in [0.29, 0.717) is 42.0 Å². The lowest BCUT2D eigenvalue weighted by Gasteiger charge is -2.40. The first-order valence-corrected chi connectivity index (χ1v) is 15.8. The minimum Gasteiger partial charge on any atom is -0.508 e. The van der Waals surface area contributed by atoms with Gasteiger partial charge in [-0.25, -0.2) is 9.78 Å². The molecule has 1 saturated heterocycles. The lowest BCUT2D eigenvalue weighted by Crippen LogP contribution is -2.54. The van der Waals surface area contributed by atoms with Gasteiger partial charge in [-0.05, 0) is 48.4 Å². The van der Waals surface area contributed by atoms with Gasteiger partial charge in [-0.3, -0.25) is 14.5 Å². The maximum absolute atomic E-state index is 13.6. The molecule has 3 aromatic carbocycles. The second kappa shape index (κ2) is 13.5. The number of benzene rings is 3. The van der Waals surface area contributed by atoms with E-state index < -0.39 is 17.9 Å². The Balaban J connectivity index is 1.17. The number of aromatic nitrogens is 2. The molecule has 234 valence electrons. The fourth-order valence-corrected chi connectivity index (χ4v) is 6.94. The van der Waals surface area contributed by atoms with Crippen LogP contribution in [0.3, 0.4) is 0 Å². The summed E-state index contributed by atoms with van der Waals surface area (Å²) in [6, 6.07) is 27.5. The van der Waals surface area contributed by atoms with Crippen molar-refractivity contribution in [1.82, 2.24) is 25.1 Å². The fraction of sp³-hybridized carbons (Fsp3) is 0.200. The quantitative estimate of drug-likeness (QED) is 0.174. The number of aromatic carboxylic acids is 1. The number of pyridine rings is 1. The Labute approximate surface area is 270 Å². The van der Waals surface area contributed by atoms with Gasteiger partial charge >= 0.3 is 5.97 Å². The molecule has 4 N–H and O–H groups in total. The van der Waals surface area contributed by atoms with Gasteiger partial charge in [0.05, 0.1) is 16.5 Å². The number of phenolic OH excluding ortho intramolecular Hbond substituents is 1. The number of aromatic hydroxyl groups is 1. The number of H-pyrrole nitrogens is 1. The summed E-state index contributed by atoms with van der Waals surface area (Å²) in [5.74, 6) is -1.88. The number of piperazine rings is 1. The number of nitrogens with zero attached hydrogens (tertiary/aromatic N) is 3. The molecule has 3 heterocycles. The number of nitrogens with one attached hydrogen (secondary N) is 2. The summed E-state index contributed by atoms with van der Waals surface area (Å²) in [7, 11) is 0. The molecular formula is C35H33N5O5S. The third kappa shape index (κ3) is 6.46. The van der Waals surface area contributed by atoms with Crippen LogP contribution in [0.4, 0.5) is 0 Å². The van der Waals surface area contributed by atoms with Crippen molar-refractivity contribution < 1.29 is 24.6 Å². The van der Waals surface area contributed by atoms with Crippen LogP contribution in [0.2, 0.25) is 0 Å². The second-order valence-corrected chi connectivity index (χ2v) is 12.1. The predicted molar refractivity (Wildman–Crippen MR) is 175 cm³/mol. The van der Waals surface area contributed by atoms with Crippen molar-refractivity contribution in [3.05, 3.63) is 120 Å². The number of carboxylic acids is 1. The van der Waals surface area contributed by atoms with Crippen molar-refractivity contribution in [2.75, 3.05) is 26.2 Å². The minimum absolute atomic E-state index is 0.00996. The number of carbonyl (C=O) groups is 3. The number of hydrogen-bond acceptors (Lipinski definition) is 7. The lowest BCUT2D eigenvalue weighted by molar-refractivity contribution is -0.134. The van der Waals surface area contributed by atoms with Crippen LogP contribution in [0, 0.1) is 0 Å². The molecule has 6 rings (SSSR count). The van der Waals surface area contributed by atoms with E-state index in [1.165, 1.54) is 41.6 Å². The van der Waals surface area contributed by atoms with Gasteiger partial charge in [-0.15, -0.1) is 0 Å². The smallest absolute Gasteiger partial charge is 0.338 e. The fourth-order valence-electron chi connectivity index (χ4n) is 5.84. The number of fused-ring (bicyclic) bond motifs is 1. The third-order valence-electron chi connectivity index (χ3n) is 8.10. The Morgan fingerprint density at radius 3 is 2.17 bits per heavy atom. The zero-order chi connectivity index (χ0) is 32.2. The predicted octanol–water partition coefficient (Wildman–Crippen LogP) is 5.17. The van der Waals surface area contributed by atoms with Gasteiger partial charge in [-0.1, -0.05) is 72.4 Å². The summed E-state index contributed by atoms with van der Waals surface area (Å²) < 4.78 is 0. The summed E-state index contributed by atoms with van der Waals surface area (Å²) in [6.07, 6.45) is 1.48. The van der Waals surface area contributed by atoms with Crippen LogP contribution in [0.1, 0.15) is 44.9 Å².